The second kappa shape index (κ2) is 19.0. The molecular formula is C27H50N3O2+. The topological polar surface area (TPSA) is 79.2 Å². The van der Waals surface area contributed by atoms with Crippen molar-refractivity contribution in [2.75, 3.05) is 13.2 Å². The number of primary amides is 1. The smallest absolute Gasteiger partial charge is 0.306 e. The van der Waals surface area contributed by atoms with Gasteiger partial charge in [0.25, 0.3) is 0 Å². The minimum Gasteiger partial charge on any atom is -0.395 e. The zero-order valence-electron chi connectivity index (χ0n) is 20.7. The van der Waals surface area contributed by atoms with Crippen LogP contribution in [-0.2, 0) is 10.5 Å². The predicted octanol–water partition coefficient (Wildman–Crippen LogP) is 5.35. The Hall–Kier alpha value is -1.46. The third-order valence-corrected chi connectivity index (χ3v) is 6.49. The molecule has 0 bridgehead atoms. The van der Waals surface area contributed by atoms with Crippen molar-refractivity contribution in [2.45, 2.75) is 122 Å². The third-order valence-electron chi connectivity index (χ3n) is 6.49. The number of aliphatic hydroxyl groups excluding tert-OH is 1. The number of pyridine rings is 1. The first-order valence-corrected chi connectivity index (χ1v) is 13.3. The molecule has 1 unspecified atom stereocenters. The maximum absolute atomic E-state index is 12.4. The van der Waals surface area contributed by atoms with Gasteiger partial charge in [-0.3, -0.25) is 4.79 Å². The van der Waals surface area contributed by atoms with Crippen molar-refractivity contribution in [1.29, 1.82) is 0 Å². The minimum atomic E-state index is -0.972. The number of aliphatic hydroxyl groups is 1. The number of aromatic nitrogens is 1. The molecule has 0 aliphatic rings. The zero-order valence-corrected chi connectivity index (χ0v) is 20.7. The highest BCUT2D eigenvalue weighted by Crippen LogP contribution is 2.18. The van der Waals surface area contributed by atoms with Crippen LogP contribution in [0.4, 0.5) is 0 Å². The normalized spacial score (nSPS) is 13.2. The highest BCUT2D eigenvalue weighted by molar-refractivity contribution is 5.80. The Morgan fingerprint density at radius 3 is 1.62 bits per heavy atom. The summed E-state index contributed by atoms with van der Waals surface area (Å²) in [6, 6.07) is 5.71. The van der Waals surface area contributed by atoms with E-state index in [0.717, 1.165) is 12.8 Å². The molecule has 32 heavy (non-hydrogen) atoms. The fraction of sp³-hybridized carbons (Fsp3) is 0.778. The van der Waals surface area contributed by atoms with Crippen molar-refractivity contribution in [2.24, 2.45) is 5.73 Å². The molecule has 0 radical (unpaired) electrons. The van der Waals surface area contributed by atoms with Crippen molar-refractivity contribution >= 4 is 5.91 Å². The van der Waals surface area contributed by atoms with Crippen LogP contribution in [0.2, 0.25) is 0 Å². The van der Waals surface area contributed by atoms with Gasteiger partial charge in [0.1, 0.15) is 0 Å². The Morgan fingerprint density at radius 1 is 0.781 bits per heavy atom. The molecule has 1 atom stereocenters. The van der Waals surface area contributed by atoms with Gasteiger partial charge in [0.15, 0.2) is 12.4 Å². The maximum atomic E-state index is 12.4. The molecule has 1 aromatic rings. The SMILES string of the molecule is CCCCCCCCCCCCCCCCCCC(NCCO)(C(N)=O)[n+]1ccccc1. The number of carbonyl (C=O) groups excluding carboxylic acids is 1. The first kappa shape index (κ1) is 28.6. The quantitative estimate of drug-likeness (QED) is 0.165. The third kappa shape index (κ3) is 12.0. The monoisotopic (exact) mass is 448 g/mol. The predicted molar refractivity (Wildman–Crippen MR) is 133 cm³/mol. The fourth-order valence-corrected chi connectivity index (χ4v) is 4.49. The van der Waals surface area contributed by atoms with E-state index < -0.39 is 11.6 Å². The van der Waals surface area contributed by atoms with Crippen LogP contribution >= 0.6 is 0 Å². The summed E-state index contributed by atoms with van der Waals surface area (Å²) >= 11 is 0. The average molecular weight is 449 g/mol. The van der Waals surface area contributed by atoms with E-state index in [9.17, 15) is 9.90 Å². The van der Waals surface area contributed by atoms with Crippen LogP contribution in [-0.4, -0.2) is 24.2 Å². The summed E-state index contributed by atoms with van der Waals surface area (Å²) in [7, 11) is 0. The lowest BCUT2D eigenvalue weighted by Gasteiger charge is -2.26. The van der Waals surface area contributed by atoms with Crippen molar-refractivity contribution in [3.05, 3.63) is 30.6 Å². The standard InChI is InChI=1S/C27H49N3O2/c1-2-3-4-5-6-7-8-9-10-11-12-13-14-15-16-18-21-27(26(28)32,29-22-25-31)30-23-19-17-20-24-30/h17,19-20,23-24,29,31H,2-16,18,21-22,25H2,1H3,(H-,28,32)/p+1. The van der Waals surface area contributed by atoms with Gasteiger partial charge in [0.2, 0.25) is 0 Å². The van der Waals surface area contributed by atoms with Crippen molar-refractivity contribution < 1.29 is 14.5 Å². The molecule has 5 heteroatoms. The summed E-state index contributed by atoms with van der Waals surface area (Å²) in [5.41, 5.74) is 4.83. The van der Waals surface area contributed by atoms with Crippen LogP contribution in [0.25, 0.3) is 0 Å². The number of carbonyl (C=O) groups is 1. The second-order valence-corrected chi connectivity index (χ2v) is 9.21. The molecule has 1 heterocycles. The molecule has 4 N–H and O–H groups in total. The van der Waals surface area contributed by atoms with E-state index in [-0.39, 0.29) is 6.61 Å². The zero-order chi connectivity index (χ0) is 23.3. The highest BCUT2D eigenvalue weighted by Gasteiger charge is 2.45. The van der Waals surface area contributed by atoms with Crippen LogP contribution in [0.5, 0.6) is 0 Å². The molecule has 5 nitrogen and oxygen atoms in total. The molecule has 0 aliphatic carbocycles. The van der Waals surface area contributed by atoms with Gasteiger partial charge in [-0.05, 0) is 6.42 Å². The number of amides is 1. The van der Waals surface area contributed by atoms with E-state index in [1.165, 1.54) is 89.9 Å². The lowest BCUT2D eigenvalue weighted by Crippen LogP contribution is -2.71. The van der Waals surface area contributed by atoms with Crippen LogP contribution in [0.15, 0.2) is 30.6 Å². The summed E-state index contributed by atoms with van der Waals surface area (Å²) in [4.78, 5) is 12.4. The molecule has 0 spiro atoms. The number of rotatable bonds is 22. The van der Waals surface area contributed by atoms with E-state index in [4.69, 9.17) is 5.73 Å². The first-order valence-electron chi connectivity index (χ1n) is 13.3. The van der Waals surface area contributed by atoms with Crippen LogP contribution in [0.3, 0.4) is 0 Å². The molecular weight excluding hydrogens is 398 g/mol. The highest BCUT2D eigenvalue weighted by atomic mass is 16.3. The Labute approximate surface area is 197 Å². The molecule has 184 valence electrons. The molecule has 1 aromatic heterocycles. The number of nitrogens with two attached hydrogens (primary N) is 1. The van der Waals surface area contributed by atoms with Gasteiger partial charge in [0, 0.05) is 25.1 Å². The van der Waals surface area contributed by atoms with Gasteiger partial charge in [-0.25, -0.2) is 5.32 Å². The Kier molecular flexibility index (Phi) is 17.0. The van der Waals surface area contributed by atoms with E-state index in [0.29, 0.717) is 13.0 Å². The Bertz CT molecular complexity index is 567. The van der Waals surface area contributed by atoms with Gasteiger partial charge in [-0.2, -0.15) is 4.57 Å². The van der Waals surface area contributed by atoms with Gasteiger partial charge in [0.05, 0.1) is 6.61 Å². The summed E-state index contributed by atoms with van der Waals surface area (Å²) in [5.74, 6) is -0.400. The maximum Gasteiger partial charge on any atom is 0.306 e. The second-order valence-electron chi connectivity index (χ2n) is 9.21. The lowest BCUT2D eigenvalue weighted by atomic mass is 9.98. The molecule has 0 fully saturated rings. The average Bonchev–Trinajstić information content (AvgIpc) is 2.81. The number of nitrogens with one attached hydrogen (secondary N) is 1. The number of hydrogen-bond acceptors (Lipinski definition) is 3. The summed E-state index contributed by atoms with van der Waals surface area (Å²) in [6.45, 7) is 2.59. The number of unbranched alkanes of at least 4 members (excludes halogenated alkanes) is 15. The van der Waals surface area contributed by atoms with E-state index in [1.54, 1.807) is 0 Å². The Balaban J connectivity index is 2.13. The van der Waals surface area contributed by atoms with Gasteiger partial charge in [-0.15, -0.1) is 0 Å². The van der Waals surface area contributed by atoms with E-state index >= 15 is 0 Å². The van der Waals surface area contributed by atoms with E-state index in [1.807, 2.05) is 35.2 Å². The minimum absolute atomic E-state index is 0.0264. The first-order chi connectivity index (χ1) is 15.7. The molecule has 1 rings (SSSR count). The summed E-state index contributed by atoms with van der Waals surface area (Å²) < 4.78 is 1.84. The van der Waals surface area contributed by atoms with Crippen LogP contribution in [0, 0.1) is 0 Å². The van der Waals surface area contributed by atoms with Crippen molar-refractivity contribution in [1.82, 2.24) is 5.32 Å². The fourth-order valence-electron chi connectivity index (χ4n) is 4.49. The Morgan fingerprint density at radius 2 is 1.22 bits per heavy atom. The molecule has 0 saturated heterocycles. The van der Waals surface area contributed by atoms with Gasteiger partial charge >= 0.3 is 11.6 Å². The summed E-state index contributed by atoms with van der Waals surface area (Å²) in [5, 5.41) is 12.4. The van der Waals surface area contributed by atoms with Crippen molar-refractivity contribution in [3.8, 4) is 0 Å². The molecule has 0 saturated carbocycles. The lowest BCUT2D eigenvalue weighted by molar-refractivity contribution is -0.756. The van der Waals surface area contributed by atoms with Gasteiger partial charge < -0.3 is 10.8 Å². The molecule has 1 amide bonds. The number of nitrogens with zero attached hydrogens (tertiary/aromatic N) is 1. The van der Waals surface area contributed by atoms with Crippen molar-refractivity contribution in [3.63, 3.8) is 0 Å². The number of hydrogen-bond donors (Lipinski definition) is 3. The van der Waals surface area contributed by atoms with Gasteiger partial charge in [-0.1, -0.05) is 109 Å². The van der Waals surface area contributed by atoms with E-state index in [2.05, 4.69) is 12.2 Å². The molecule has 0 aromatic carbocycles. The summed E-state index contributed by atoms with van der Waals surface area (Å²) in [6.07, 6.45) is 25.5. The largest absolute Gasteiger partial charge is 0.395 e. The van der Waals surface area contributed by atoms with Crippen LogP contribution < -0.4 is 15.6 Å². The van der Waals surface area contributed by atoms with Crippen LogP contribution in [0.1, 0.15) is 116 Å². The molecule has 0 aliphatic heterocycles.